The molecule has 78 valence electrons. The minimum Gasteiger partial charge on any atom is -0.391 e. The Morgan fingerprint density at radius 1 is 1.46 bits per heavy atom. The second-order valence-corrected chi connectivity index (χ2v) is 3.63. The Labute approximate surface area is 80.7 Å². The minimum atomic E-state index is -0.194. The average Bonchev–Trinajstić information content (AvgIpc) is 2.16. The molecule has 0 aromatic rings. The molecule has 3 nitrogen and oxygen atoms in total. The Balaban J connectivity index is 2.44. The maximum atomic E-state index is 9.78. The highest BCUT2D eigenvalue weighted by Gasteiger charge is 2.27. The molecule has 1 heterocycles. The van der Waals surface area contributed by atoms with Crippen molar-refractivity contribution in [1.29, 1.82) is 0 Å². The summed E-state index contributed by atoms with van der Waals surface area (Å²) in [5, 5.41) is 9.78. The first-order valence-corrected chi connectivity index (χ1v) is 5.29. The summed E-state index contributed by atoms with van der Waals surface area (Å²) in [4.78, 5) is 2.31. The summed E-state index contributed by atoms with van der Waals surface area (Å²) in [5.74, 6) is 0. The topological polar surface area (TPSA) is 32.7 Å². The Bertz CT molecular complexity index is 141. The molecular weight excluding hydrogens is 166 g/mol. The first-order chi connectivity index (χ1) is 6.29. The van der Waals surface area contributed by atoms with Crippen LogP contribution < -0.4 is 0 Å². The molecule has 3 heteroatoms. The van der Waals surface area contributed by atoms with Crippen molar-refractivity contribution in [3.05, 3.63) is 0 Å². The van der Waals surface area contributed by atoms with Gasteiger partial charge in [0.15, 0.2) is 0 Å². The van der Waals surface area contributed by atoms with E-state index in [1.54, 1.807) is 0 Å². The fourth-order valence-electron chi connectivity index (χ4n) is 1.91. The summed E-state index contributed by atoms with van der Waals surface area (Å²) in [5.41, 5.74) is 0. The van der Waals surface area contributed by atoms with Gasteiger partial charge in [-0.15, -0.1) is 0 Å². The van der Waals surface area contributed by atoms with Crippen molar-refractivity contribution in [3.8, 4) is 0 Å². The molecule has 1 aliphatic rings. The Morgan fingerprint density at radius 2 is 2.23 bits per heavy atom. The van der Waals surface area contributed by atoms with Crippen LogP contribution in [0.2, 0.25) is 0 Å². The molecule has 0 radical (unpaired) electrons. The van der Waals surface area contributed by atoms with Gasteiger partial charge in [0.2, 0.25) is 0 Å². The number of aliphatic hydroxyl groups is 1. The third-order valence-corrected chi connectivity index (χ3v) is 2.68. The molecule has 0 aromatic heterocycles. The molecule has 1 aliphatic heterocycles. The van der Waals surface area contributed by atoms with Crippen LogP contribution >= 0.6 is 0 Å². The van der Waals surface area contributed by atoms with E-state index < -0.39 is 0 Å². The predicted molar refractivity (Wildman–Crippen MR) is 52.8 cm³/mol. The van der Waals surface area contributed by atoms with E-state index in [0.717, 1.165) is 25.9 Å². The summed E-state index contributed by atoms with van der Waals surface area (Å²) in [6, 6.07) is 0.221. The van der Waals surface area contributed by atoms with Gasteiger partial charge in [-0.1, -0.05) is 13.8 Å². The van der Waals surface area contributed by atoms with Crippen LogP contribution in [0, 0.1) is 0 Å². The van der Waals surface area contributed by atoms with E-state index in [4.69, 9.17) is 4.74 Å². The maximum Gasteiger partial charge on any atom is 0.0739 e. The molecular formula is C10H21NO2. The normalized spacial score (nSPS) is 29.5. The lowest BCUT2D eigenvalue weighted by Crippen LogP contribution is -2.49. The fraction of sp³-hybridized carbons (Fsp3) is 1.00. The minimum absolute atomic E-state index is 0.194. The van der Waals surface area contributed by atoms with Crippen LogP contribution in [0.3, 0.4) is 0 Å². The molecule has 0 spiro atoms. The standard InChI is InChI=1S/C10H21NO2/c1-3-6-11(4-2)9-8-13-7-5-10(9)12/h9-10,12H,3-8H2,1-2H3. The van der Waals surface area contributed by atoms with Gasteiger partial charge in [-0.2, -0.15) is 0 Å². The van der Waals surface area contributed by atoms with E-state index in [1.807, 2.05) is 0 Å². The molecule has 13 heavy (non-hydrogen) atoms. The molecule has 0 bridgehead atoms. The van der Waals surface area contributed by atoms with Gasteiger partial charge in [0.05, 0.1) is 18.8 Å². The summed E-state index contributed by atoms with van der Waals surface area (Å²) < 4.78 is 5.38. The van der Waals surface area contributed by atoms with E-state index in [0.29, 0.717) is 13.2 Å². The van der Waals surface area contributed by atoms with Crippen molar-refractivity contribution < 1.29 is 9.84 Å². The van der Waals surface area contributed by atoms with Gasteiger partial charge in [-0.05, 0) is 25.9 Å². The third-order valence-electron chi connectivity index (χ3n) is 2.68. The van der Waals surface area contributed by atoms with Crippen molar-refractivity contribution in [1.82, 2.24) is 4.90 Å². The van der Waals surface area contributed by atoms with Crippen LogP contribution in [0.5, 0.6) is 0 Å². The van der Waals surface area contributed by atoms with Crippen LogP contribution in [0.25, 0.3) is 0 Å². The molecule has 2 unspecified atom stereocenters. The fourth-order valence-corrected chi connectivity index (χ4v) is 1.91. The highest BCUT2D eigenvalue weighted by Crippen LogP contribution is 2.14. The van der Waals surface area contributed by atoms with Crippen molar-refractivity contribution in [2.24, 2.45) is 0 Å². The van der Waals surface area contributed by atoms with Crippen LogP contribution in [-0.2, 0) is 4.74 Å². The van der Waals surface area contributed by atoms with Gasteiger partial charge in [-0.3, -0.25) is 4.90 Å². The Kier molecular flexibility index (Phi) is 4.70. The van der Waals surface area contributed by atoms with Crippen LogP contribution in [0.4, 0.5) is 0 Å². The highest BCUT2D eigenvalue weighted by atomic mass is 16.5. The lowest BCUT2D eigenvalue weighted by atomic mass is 10.0. The molecule has 1 fully saturated rings. The summed E-state index contributed by atoms with van der Waals surface area (Å²) in [6.45, 7) is 7.76. The molecule has 0 aromatic carbocycles. The first kappa shape index (κ1) is 11.0. The number of likely N-dealkylation sites (N-methyl/N-ethyl adjacent to an activating group) is 1. The number of aliphatic hydroxyl groups excluding tert-OH is 1. The lowest BCUT2D eigenvalue weighted by molar-refractivity contribution is -0.0599. The van der Waals surface area contributed by atoms with E-state index in [2.05, 4.69) is 18.7 Å². The number of rotatable bonds is 4. The van der Waals surface area contributed by atoms with Crippen molar-refractivity contribution in [2.45, 2.75) is 38.8 Å². The van der Waals surface area contributed by atoms with E-state index >= 15 is 0 Å². The first-order valence-electron chi connectivity index (χ1n) is 5.29. The SMILES string of the molecule is CCCN(CC)C1COCCC1O. The van der Waals surface area contributed by atoms with E-state index in [9.17, 15) is 5.11 Å². The largest absolute Gasteiger partial charge is 0.391 e. The average molecular weight is 187 g/mol. The van der Waals surface area contributed by atoms with Crippen LogP contribution in [-0.4, -0.2) is 48.5 Å². The van der Waals surface area contributed by atoms with Gasteiger partial charge < -0.3 is 9.84 Å². The van der Waals surface area contributed by atoms with Crippen LogP contribution in [0.15, 0.2) is 0 Å². The number of nitrogens with zero attached hydrogens (tertiary/aromatic N) is 1. The van der Waals surface area contributed by atoms with Gasteiger partial charge in [0.25, 0.3) is 0 Å². The molecule has 2 atom stereocenters. The monoisotopic (exact) mass is 187 g/mol. The van der Waals surface area contributed by atoms with Crippen molar-refractivity contribution in [3.63, 3.8) is 0 Å². The molecule has 1 rings (SSSR count). The quantitative estimate of drug-likeness (QED) is 0.709. The maximum absolute atomic E-state index is 9.78. The van der Waals surface area contributed by atoms with Crippen LogP contribution in [0.1, 0.15) is 26.7 Å². The summed E-state index contributed by atoms with van der Waals surface area (Å²) in [7, 11) is 0. The summed E-state index contributed by atoms with van der Waals surface area (Å²) in [6.07, 6.45) is 1.72. The summed E-state index contributed by atoms with van der Waals surface area (Å²) >= 11 is 0. The van der Waals surface area contributed by atoms with E-state index in [1.165, 1.54) is 0 Å². The molecule has 0 amide bonds. The van der Waals surface area contributed by atoms with Gasteiger partial charge in [0, 0.05) is 6.61 Å². The zero-order valence-electron chi connectivity index (χ0n) is 8.70. The second kappa shape index (κ2) is 5.58. The molecule has 0 saturated carbocycles. The zero-order valence-corrected chi connectivity index (χ0v) is 8.70. The molecule has 1 N–H and O–H groups in total. The smallest absolute Gasteiger partial charge is 0.0739 e. The Morgan fingerprint density at radius 3 is 2.77 bits per heavy atom. The number of hydrogen-bond acceptors (Lipinski definition) is 3. The second-order valence-electron chi connectivity index (χ2n) is 3.63. The highest BCUT2D eigenvalue weighted by molar-refractivity contribution is 4.81. The molecule has 0 aliphatic carbocycles. The van der Waals surface area contributed by atoms with Gasteiger partial charge in [0.1, 0.15) is 0 Å². The van der Waals surface area contributed by atoms with E-state index in [-0.39, 0.29) is 12.1 Å². The van der Waals surface area contributed by atoms with Gasteiger partial charge in [-0.25, -0.2) is 0 Å². The predicted octanol–water partition coefficient (Wildman–Crippen LogP) is 0.868. The lowest BCUT2D eigenvalue weighted by Gasteiger charge is -2.36. The number of ether oxygens (including phenoxy) is 1. The number of hydrogen-bond donors (Lipinski definition) is 1. The van der Waals surface area contributed by atoms with Crippen molar-refractivity contribution in [2.75, 3.05) is 26.3 Å². The molecule has 1 saturated heterocycles. The third kappa shape index (κ3) is 2.93. The van der Waals surface area contributed by atoms with Gasteiger partial charge >= 0.3 is 0 Å². The van der Waals surface area contributed by atoms with Crippen molar-refractivity contribution >= 4 is 0 Å². The Hall–Kier alpha value is -0.120. The zero-order chi connectivity index (χ0) is 9.68.